The van der Waals surface area contributed by atoms with Gasteiger partial charge >= 0.3 is 6.09 Å². The summed E-state index contributed by atoms with van der Waals surface area (Å²) in [5, 5.41) is 12.2. The molecule has 6 heteroatoms. The first-order valence-electron chi connectivity index (χ1n) is 6.40. The molecule has 112 valence electrons. The van der Waals surface area contributed by atoms with Crippen LogP contribution in [0.15, 0.2) is 18.2 Å². The topological polar surface area (TPSA) is 84.6 Å². The number of nitrogens with two attached hydrogens (primary N) is 1. The van der Waals surface area contributed by atoms with Crippen molar-refractivity contribution < 1.29 is 19.0 Å². The zero-order chi connectivity index (χ0) is 15.3. The molecule has 5 nitrogen and oxygen atoms in total. The minimum Gasteiger partial charge on any atom is -0.506 e. The Morgan fingerprint density at radius 2 is 2.15 bits per heavy atom. The molecule has 1 amide bonds. The lowest BCUT2D eigenvalue weighted by molar-refractivity contribution is 0.0635. The van der Waals surface area contributed by atoms with Crippen molar-refractivity contribution in [1.82, 2.24) is 0 Å². The van der Waals surface area contributed by atoms with Crippen LogP contribution in [0.25, 0.3) is 0 Å². The number of rotatable bonds is 4. The van der Waals surface area contributed by atoms with Crippen LogP contribution in [0.4, 0.5) is 14.9 Å². The molecule has 0 spiro atoms. The Hall–Kier alpha value is -1.82. The second-order valence-electron chi connectivity index (χ2n) is 5.45. The largest absolute Gasteiger partial charge is 0.506 e. The molecule has 0 saturated carbocycles. The zero-order valence-corrected chi connectivity index (χ0v) is 11.9. The van der Waals surface area contributed by atoms with Crippen LogP contribution < -0.4 is 11.1 Å². The molecule has 0 radical (unpaired) electrons. The molecule has 4 N–H and O–H groups in total. The number of ether oxygens (including phenoxy) is 1. The summed E-state index contributed by atoms with van der Waals surface area (Å²) in [4.78, 5) is 11.6. The smallest absolute Gasteiger partial charge is 0.412 e. The molecule has 0 fully saturated rings. The summed E-state index contributed by atoms with van der Waals surface area (Å²) in [5.41, 5.74) is 5.14. The fourth-order valence-corrected chi connectivity index (χ4v) is 1.58. The number of nitrogens with one attached hydrogen (secondary N) is 1. The van der Waals surface area contributed by atoms with E-state index in [1.165, 1.54) is 18.2 Å². The van der Waals surface area contributed by atoms with Crippen LogP contribution in [0.1, 0.15) is 38.9 Å². The van der Waals surface area contributed by atoms with Gasteiger partial charge in [-0.05, 0) is 51.4 Å². The van der Waals surface area contributed by atoms with Crippen molar-refractivity contribution in [3.05, 3.63) is 23.8 Å². The predicted octanol–water partition coefficient (Wildman–Crippen LogP) is 3.10. The average Bonchev–Trinajstić information content (AvgIpc) is 2.29. The first-order chi connectivity index (χ1) is 9.23. The number of hydrogen-bond donors (Lipinski definition) is 3. The normalized spacial score (nSPS) is 12.8. The van der Waals surface area contributed by atoms with Crippen LogP contribution in [-0.2, 0) is 4.74 Å². The van der Waals surface area contributed by atoms with E-state index in [0.29, 0.717) is 5.56 Å². The van der Waals surface area contributed by atoms with Gasteiger partial charge in [-0.2, -0.15) is 0 Å². The van der Waals surface area contributed by atoms with E-state index in [4.69, 9.17) is 10.5 Å². The number of aromatic hydroxyl groups is 1. The van der Waals surface area contributed by atoms with Gasteiger partial charge in [0.15, 0.2) is 0 Å². The molecular formula is C14H21FN2O3. The molecule has 1 atom stereocenters. The summed E-state index contributed by atoms with van der Waals surface area (Å²) in [7, 11) is 0. The van der Waals surface area contributed by atoms with Gasteiger partial charge in [0.1, 0.15) is 17.5 Å². The number of alkyl halides is 1. The van der Waals surface area contributed by atoms with Crippen molar-refractivity contribution in [1.29, 1.82) is 0 Å². The molecule has 1 aromatic rings. The van der Waals surface area contributed by atoms with E-state index in [0.717, 1.165) is 0 Å². The summed E-state index contributed by atoms with van der Waals surface area (Å²) in [6, 6.07) is 4.19. The molecular weight excluding hydrogens is 263 g/mol. The fourth-order valence-electron chi connectivity index (χ4n) is 1.58. The van der Waals surface area contributed by atoms with E-state index < -0.39 is 17.9 Å². The number of phenols is 1. The van der Waals surface area contributed by atoms with E-state index in [1.54, 1.807) is 20.8 Å². The summed E-state index contributed by atoms with van der Waals surface area (Å²) >= 11 is 0. The highest BCUT2D eigenvalue weighted by Crippen LogP contribution is 2.30. The third-order valence-electron chi connectivity index (χ3n) is 2.44. The van der Waals surface area contributed by atoms with Gasteiger partial charge in [0, 0.05) is 0 Å². The van der Waals surface area contributed by atoms with Crippen molar-refractivity contribution in [3.8, 4) is 5.75 Å². The Kier molecular flexibility index (Phi) is 5.33. The van der Waals surface area contributed by atoms with E-state index in [9.17, 15) is 14.3 Å². The van der Waals surface area contributed by atoms with Gasteiger partial charge in [-0.15, -0.1) is 0 Å². The second kappa shape index (κ2) is 6.56. The highest BCUT2D eigenvalue weighted by atomic mass is 19.1. The number of benzene rings is 1. The fraction of sp³-hybridized carbons (Fsp3) is 0.500. The Balaban J connectivity index is 2.76. The van der Waals surface area contributed by atoms with Crippen molar-refractivity contribution in [2.24, 2.45) is 5.73 Å². The Morgan fingerprint density at radius 1 is 1.50 bits per heavy atom. The van der Waals surface area contributed by atoms with E-state index in [1.807, 2.05) is 0 Å². The Labute approximate surface area is 117 Å². The van der Waals surface area contributed by atoms with E-state index >= 15 is 0 Å². The molecule has 0 heterocycles. The van der Waals surface area contributed by atoms with Gasteiger partial charge in [-0.25, -0.2) is 9.18 Å². The summed E-state index contributed by atoms with van der Waals surface area (Å²) in [6.07, 6.45) is -1.74. The van der Waals surface area contributed by atoms with Crippen LogP contribution in [0.2, 0.25) is 0 Å². The number of carbonyl (C=O) groups is 1. The molecule has 20 heavy (non-hydrogen) atoms. The van der Waals surface area contributed by atoms with E-state index in [2.05, 4.69) is 5.32 Å². The quantitative estimate of drug-likeness (QED) is 0.742. The van der Waals surface area contributed by atoms with Gasteiger partial charge in [0.25, 0.3) is 0 Å². The minimum atomic E-state index is -1.23. The molecule has 1 aromatic carbocycles. The Bertz CT molecular complexity index is 472. The maximum absolute atomic E-state index is 13.6. The van der Waals surface area contributed by atoms with Crippen LogP contribution >= 0.6 is 0 Å². The lowest BCUT2D eigenvalue weighted by Gasteiger charge is -2.20. The summed E-state index contributed by atoms with van der Waals surface area (Å²) < 4.78 is 18.7. The van der Waals surface area contributed by atoms with Gasteiger partial charge in [-0.3, -0.25) is 5.32 Å². The van der Waals surface area contributed by atoms with Gasteiger partial charge in [0.2, 0.25) is 0 Å². The number of halogens is 1. The molecule has 0 aliphatic carbocycles. The summed E-state index contributed by atoms with van der Waals surface area (Å²) in [6.45, 7) is 5.42. The number of anilines is 1. The third-order valence-corrected chi connectivity index (χ3v) is 2.44. The van der Waals surface area contributed by atoms with Crippen LogP contribution in [0, 0.1) is 0 Å². The van der Waals surface area contributed by atoms with Crippen molar-refractivity contribution in [2.75, 3.05) is 11.9 Å². The van der Waals surface area contributed by atoms with Crippen LogP contribution in [-0.4, -0.2) is 23.3 Å². The lowest BCUT2D eigenvalue weighted by Crippen LogP contribution is -2.27. The molecule has 0 aliphatic heterocycles. The monoisotopic (exact) mass is 284 g/mol. The Morgan fingerprint density at radius 3 is 2.65 bits per heavy atom. The van der Waals surface area contributed by atoms with Crippen LogP contribution in [0.5, 0.6) is 5.75 Å². The zero-order valence-electron chi connectivity index (χ0n) is 11.9. The number of carbonyl (C=O) groups excluding carboxylic acids is 1. The molecule has 0 aliphatic rings. The highest BCUT2D eigenvalue weighted by Gasteiger charge is 2.18. The molecule has 0 saturated heterocycles. The van der Waals surface area contributed by atoms with Gasteiger partial charge in [0.05, 0.1) is 5.69 Å². The highest BCUT2D eigenvalue weighted by molar-refractivity contribution is 5.86. The molecule has 1 unspecified atom stereocenters. The number of amides is 1. The maximum atomic E-state index is 13.6. The van der Waals surface area contributed by atoms with Crippen molar-refractivity contribution in [2.45, 2.75) is 39.0 Å². The number of phenolic OH excluding ortho intramolecular Hbond substituents is 1. The van der Waals surface area contributed by atoms with Gasteiger partial charge < -0.3 is 15.6 Å². The second-order valence-corrected chi connectivity index (χ2v) is 5.45. The van der Waals surface area contributed by atoms with Gasteiger partial charge in [-0.1, -0.05) is 6.07 Å². The van der Waals surface area contributed by atoms with Crippen molar-refractivity contribution in [3.63, 3.8) is 0 Å². The standard InChI is InChI=1S/C14H21FN2O3/c1-14(2,3)20-13(19)17-11-5-4-9(8-12(11)18)10(15)6-7-16/h4-5,8,10,18H,6-7,16H2,1-3H3,(H,17,19). The first kappa shape index (κ1) is 16.2. The predicted molar refractivity (Wildman–Crippen MR) is 75.5 cm³/mol. The lowest BCUT2D eigenvalue weighted by atomic mass is 10.1. The van der Waals surface area contributed by atoms with Crippen LogP contribution in [0.3, 0.4) is 0 Å². The molecule has 1 rings (SSSR count). The molecule has 0 aromatic heterocycles. The third kappa shape index (κ3) is 5.05. The summed E-state index contributed by atoms with van der Waals surface area (Å²) in [5.74, 6) is -0.215. The molecule has 0 bridgehead atoms. The number of hydrogen-bond acceptors (Lipinski definition) is 4. The first-order valence-corrected chi connectivity index (χ1v) is 6.40. The van der Waals surface area contributed by atoms with Crippen molar-refractivity contribution >= 4 is 11.8 Å². The average molecular weight is 284 g/mol. The van der Waals surface area contributed by atoms with E-state index in [-0.39, 0.29) is 24.4 Å². The maximum Gasteiger partial charge on any atom is 0.412 e. The SMILES string of the molecule is CC(C)(C)OC(=O)Nc1ccc(C(F)CCN)cc1O. The minimum absolute atomic E-state index is 0.169.